The smallest absolute Gasteiger partial charge is 0.445 e. The van der Waals surface area contributed by atoms with Gasteiger partial charge < -0.3 is 12.9 Å². The van der Waals surface area contributed by atoms with Crippen LogP contribution in [0.4, 0.5) is 12.9 Å². The minimum absolute atomic E-state index is 0. The van der Waals surface area contributed by atoms with Crippen LogP contribution in [0.1, 0.15) is 19.8 Å². The number of hydrogen-bond donors (Lipinski definition) is 0. The molecule has 0 aromatic rings. The van der Waals surface area contributed by atoms with Crippen LogP contribution in [-0.2, 0) is 4.79 Å². The number of carbonyl (C=O) groups excluding carboxylic acids is 1. The molecular weight excluding hydrogens is 195 g/mol. The van der Waals surface area contributed by atoms with Gasteiger partial charge in [-0.15, -0.1) is 5.47 Å². The number of carbonyl (C=O) groups is 1. The number of halogens is 3. The quantitative estimate of drug-likeness (QED) is 0.501. The fourth-order valence-electron chi connectivity index (χ4n) is 1.21. The normalized spacial score (nSPS) is 18.2. The van der Waals surface area contributed by atoms with Crippen molar-refractivity contribution in [3.63, 3.8) is 0 Å². The molecule has 0 amide bonds. The maximum Gasteiger partial charge on any atom is 1.00 e. The zero-order valence-corrected chi connectivity index (χ0v) is 10.2. The van der Waals surface area contributed by atoms with Crippen LogP contribution in [0.15, 0.2) is 11.0 Å². The molecule has 6 heteroatoms. The molecule has 0 aliphatic heterocycles. The average molecular weight is 202 g/mol. The fraction of sp³-hybridized carbons (Fsp3) is 0.500. The van der Waals surface area contributed by atoms with Crippen molar-refractivity contribution in [3.05, 3.63) is 11.0 Å². The first-order chi connectivity index (χ1) is 4.93. The van der Waals surface area contributed by atoms with Gasteiger partial charge in [-0.3, -0.25) is 4.79 Å². The number of rotatable bonds is 1. The molecule has 62 valence electrons. The molecule has 1 aliphatic carbocycles. The predicted molar refractivity (Wildman–Crippen MR) is 36.0 cm³/mol. The third-order valence-corrected chi connectivity index (χ3v) is 1.92. The van der Waals surface area contributed by atoms with Gasteiger partial charge in [-0.05, 0) is 12.5 Å². The molecule has 0 unspecified atom stereocenters. The molecule has 0 fully saturated rings. The van der Waals surface area contributed by atoms with E-state index in [1.54, 1.807) is 0 Å². The minimum Gasteiger partial charge on any atom is -0.445 e. The Morgan fingerprint density at radius 3 is 1.92 bits per heavy atom. The van der Waals surface area contributed by atoms with Gasteiger partial charge in [0.05, 0.1) is 0 Å². The summed E-state index contributed by atoms with van der Waals surface area (Å²) in [4.78, 5) is 10.7. The molecule has 0 saturated carbocycles. The second-order valence-electron chi connectivity index (χ2n) is 2.65. The standard InChI is InChI=1S/C6H7BF3O.K/c1-4-5(7(8,9)10)2-3-6(4)11;/h2-3H2,1H3;/q-1;+1. The van der Waals surface area contributed by atoms with E-state index in [1.807, 2.05) is 0 Å². The Morgan fingerprint density at radius 1 is 1.25 bits per heavy atom. The van der Waals surface area contributed by atoms with Gasteiger partial charge in [-0.2, -0.15) is 0 Å². The molecule has 0 aromatic carbocycles. The minimum atomic E-state index is -4.92. The monoisotopic (exact) mass is 202 g/mol. The first-order valence-corrected chi connectivity index (χ1v) is 3.35. The Hall–Kier alpha value is 0.901. The largest absolute Gasteiger partial charge is 1.00 e. The van der Waals surface area contributed by atoms with E-state index in [2.05, 4.69) is 0 Å². The molecule has 0 spiro atoms. The third-order valence-electron chi connectivity index (χ3n) is 1.92. The van der Waals surface area contributed by atoms with E-state index < -0.39 is 12.4 Å². The molecule has 0 bridgehead atoms. The second kappa shape index (κ2) is 4.41. The summed E-state index contributed by atoms with van der Waals surface area (Å²) in [5.41, 5.74) is -0.674. The molecule has 0 radical (unpaired) electrons. The van der Waals surface area contributed by atoms with Crippen molar-refractivity contribution in [2.24, 2.45) is 0 Å². The second-order valence-corrected chi connectivity index (χ2v) is 2.65. The van der Waals surface area contributed by atoms with E-state index in [4.69, 9.17) is 0 Å². The molecular formula is C6H7BF3KO. The van der Waals surface area contributed by atoms with Crippen LogP contribution in [0.2, 0.25) is 0 Å². The van der Waals surface area contributed by atoms with Crippen molar-refractivity contribution >= 4 is 12.8 Å². The molecule has 0 N–H and O–H groups in total. The Kier molecular flexibility index (Phi) is 4.74. The Bertz CT molecular complexity index is 233. The summed E-state index contributed by atoms with van der Waals surface area (Å²) in [5, 5.41) is 0. The average Bonchev–Trinajstić information content (AvgIpc) is 2.11. The van der Waals surface area contributed by atoms with E-state index in [-0.39, 0.29) is 75.6 Å². The van der Waals surface area contributed by atoms with Crippen LogP contribution >= 0.6 is 0 Å². The zero-order valence-electron chi connectivity index (χ0n) is 7.03. The Balaban J connectivity index is 0.00000121. The maximum absolute atomic E-state index is 12.0. The topological polar surface area (TPSA) is 17.1 Å². The van der Waals surface area contributed by atoms with Crippen LogP contribution in [0.3, 0.4) is 0 Å². The molecule has 1 nitrogen and oxygen atoms in total. The summed E-state index contributed by atoms with van der Waals surface area (Å²) in [5.74, 6) is -0.362. The van der Waals surface area contributed by atoms with Crippen molar-refractivity contribution in [2.75, 3.05) is 0 Å². The van der Waals surface area contributed by atoms with Crippen molar-refractivity contribution in [2.45, 2.75) is 19.8 Å². The van der Waals surface area contributed by atoms with Gasteiger partial charge in [0.15, 0.2) is 5.78 Å². The van der Waals surface area contributed by atoms with E-state index in [1.165, 1.54) is 6.92 Å². The van der Waals surface area contributed by atoms with Gasteiger partial charge in [0, 0.05) is 6.42 Å². The first kappa shape index (κ1) is 12.9. The van der Waals surface area contributed by atoms with Crippen molar-refractivity contribution in [1.82, 2.24) is 0 Å². The van der Waals surface area contributed by atoms with Crippen molar-refractivity contribution < 1.29 is 69.1 Å². The van der Waals surface area contributed by atoms with E-state index >= 15 is 0 Å². The SMILES string of the molecule is CC1=C([B-](F)(F)F)CCC1=O.[K+]. The van der Waals surface area contributed by atoms with Gasteiger partial charge >= 0.3 is 58.4 Å². The first-order valence-electron chi connectivity index (χ1n) is 3.35. The van der Waals surface area contributed by atoms with Crippen LogP contribution in [0.5, 0.6) is 0 Å². The number of hydrogen-bond acceptors (Lipinski definition) is 1. The van der Waals surface area contributed by atoms with Gasteiger partial charge in [0.25, 0.3) is 0 Å². The van der Waals surface area contributed by atoms with Gasteiger partial charge in [-0.1, -0.05) is 6.42 Å². The van der Waals surface area contributed by atoms with Gasteiger partial charge in [0.1, 0.15) is 0 Å². The molecule has 0 atom stereocenters. The van der Waals surface area contributed by atoms with E-state index in [9.17, 15) is 17.7 Å². The summed E-state index contributed by atoms with van der Waals surface area (Å²) in [6, 6.07) is 0. The van der Waals surface area contributed by atoms with Crippen molar-refractivity contribution in [1.29, 1.82) is 0 Å². The summed E-state index contributed by atoms with van der Waals surface area (Å²) in [6.07, 6.45) is -0.0867. The summed E-state index contributed by atoms with van der Waals surface area (Å²) in [6.45, 7) is -3.67. The molecule has 12 heavy (non-hydrogen) atoms. The van der Waals surface area contributed by atoms with Crippen LogP contribution in [0.25, 0.3) is 0 Å². The van der Waals surface area contributed by atoms with Gasteiger partial charge in [0.2, 0.25) is 0 Å². The molecule has 1 rings (SSSR count). The molecule has 0 aromatic heterocycles. The summed E-state index contributed by atoms with van der Waals surface area (Å²) >= 11 is 0. The Labute approximate surface area is 111 Å². The predicted octanol–water partition coefficient (Wildman–Crippen LogP) is -0.944. The summed E-state index contributed by atoms with van der Waals surface area (Å²) < 4.78 is 36.1. The third kappa shape index (κ3) is 2.70. The number of Topliss-reactive ketones (excluding diaryl/α,β-unsaturated/α-hetero) is 1. The fourth-order valence-corrected chi connectivity index (χ4v) is 1.21. The van der Waals surface area contributed by atoms with E-state index in [0.29, 0.717) is 0 Å². The van der Waals surface area contributed by atoms with Crippen molar-refractivity contribution in [3.8, 4) is 0 Å². The number of ketones is 1. The van der Waals surface area contributed by atoms with E-state index in [0.717, 1.165) is 0 Å². The molecule has 1 aliphatic rings. The van der Waals surface area contributed by atoms with Crippen LogP contribution in [0, 0.1) is 0 Å². The van der Waals surface area contributed by atoms with Crippen LogP contribution in [-0.4, -0.2) is 12.8 Å². The zero-order chi connectivity index (χ0) is 8.65. The molecule has 0 heterocycles. The summed E-state index contributed by atoms with van der Waals surface area (Å²) in [7, 11) is 0. The maximum atomic E-state index is 12.0. The molecule has 0 saturated heterocycles. The van der Waals surface area contributed by atoms with Crippen LogP contribution < -0.4 is 51.4 Å². The van der Waals surface area contributed by atoms with Gasteiger partial charge in [-0.25, -0.2) is 0 Å². The Morgan fingerprint density at radius 2 is 1.75 bits per heavy atom. The number of allylic oxidation sites excluding steroid dienone is 2.